The van der Waals surface area contributed by atoms with Gasteiger partial charge in [-0.25, -0.2) is 0 Å². The summed E-state index contributed by atoms with van der Waals surface area (Å²) in [5, 5.41) is 0. The maximum absolute atomic E-state index is 5.30. The molecule has 2 heteroatoms. The highest BCUT2D eigenvalue weighted by atomic mass is 16.5. The van der Waals surface area contributed by atoms with Gasteiger partial charge in [-0.3, -0.25) is 4.90 Å². The van der Waals surface area contributed by atoms with Gasteiger partial charge in [0, 0.05) is 13.1 Å². The Morgan fingerprint density at radius 2 is 1.85 bits per heavy atom. The molecule has 1 saturated heterocycles. The van der Waals surface area contributed by atoms with E-state index in [0.717, 1.165) is 26.3 Å². The first-order valence-corrected chi connectivity index (χ1v) is 4.96. The lowest BCUT2D eigenvalue weighted by molar-refractivity contribution is 0.0381. The summed E-state index contributed by atoms with van der Waals surface area (Å²) in [5.41, 5.74) is 0. The van der Waals surface area contributed by atoms with Crippen molar-refractivity contribution in [2.24, 2.45) is 0 Å². The Labute approximate surface area is 81.3 Å². The van der Waals surface area contributed by atoms with Gasteiger partial charge in [0.25, 0.3) is 0 Å². The zero-order valence-corrected chi connectivity index (χ0v) is 7.91. The highest BCUT2D eigenvalue weighted by Gasteiger charge is 2.18. The number of ether oxygens (including phenoxy) is 1. The maximum Gasteiger partial charge on any atom is 0.0594 e. The predicted molar refractivity (Wildman–Crippen MR) is 52.3 cm³/mol. The SMILES string of the molecule is [CH]1[CH][CH][C](CCN2CCOCC2)[CH]1. The highest BCUT2D eigenvalue weighted by molar-refractivity contribution is 5.35. The topological polar surface area (TPSA) is 12.5 Å². The molecule has 0 aromatic carbocycles. The van der Waals surface area contributed by atoms with Gasteiger partial charge in [0.1, 0.15) is 0 Å². The van der Waals surface area contributed by atoms with Gasteiger partial charge < -0.3 is 4.74 Å². The summed E-state index contributed by atoms with van der Waals surface area (Å²) in [7, 11) is 0. The van der Waals surface area contributed by atoms with Crippen molar-refractivity contribution >= 4 is 0 Å². The molecule has 5 radical (unpaired) electrons. The third-order valence-electron chi connectivity index (χ3n) is 2.55. The van der Waals surface area contributed by atoms with E-state index in [-0.39, 0.29) is 0 Å². The monoisotopic (exact) mass is 178 g/mol. The van der Waals surface area contributed by atoms with Crippen molar-refractivity contribution in [2.75, 3.05) is 32.8 Å². The minimum Gasteiger partial charge on any atom is -0.379 e. The predicted octanol–water partition coefficient (Wildman–Crippen LogP) is 1.11. The Hall–Kier alpha value is -0.0800. The molecule has 1 aliphatic heterocycles. The molecule has 2 fully saturated rings. The Morgan fingerprint density at radius 3 is 2.54 bits per heavy atom. The number of nitrogens with zero attached hydrogens (tertiary/aromatic N) is 1. The van der Waals surface area contributed by atoms with Crippen LogP contribution >= 0.6 is 0 Å². The van der Waals surface area contributed by atoms with E-state index >= 15 is 0 Å². The van der Waals surface area contributed by atoms with E-state index in [4.69, 9.17) is 4.74 Å². The molecule has 0 N–H and O–H groups in total. The van der Waals surface area contributed by atoms with E-state index < -0.39 is 0 Å². The quantitative estimate of drug-likeness (QED) is 0.642. The fraction of sp³-hybridized carbons (Fsp3) is 0.545. The second kappa shape index (κ2) is 4.97. The van der Waals surface area contributed by atoms with Crippen molar-refractivity contribution in [1.29, 1.82) is 0 Å². The molecule has 2 nitrogen and oxygen atoms in total. The smallest absolute Gasteiger partial charge is 0.0594 e. The average molecular weight is 178 g/mol. The summed E-state index contributed by atoms with van der Waals surface area (Å²) in [5.74, 6) is 1.45. The van der Waals surface area contributed by atoms with Gasteiger partial charge in [0.2, 0.25) is 0 Å². The Bertz CT molecular complexity index is 137. The van der Waals surface area contributed by atoms with Gasteiger partial charge in [-0.15, -0.1) is 0 Å². The number of hydrogen-bond acceptors (Lipinski definition) is 2. The summed E-state index contributed by atoms with van der Waals surface area (Å²) in [6, 6.07) is 0. The van der Waals surface area contributed by atoms with Crippen LogP contribution in [0.4, 0.5) is 0 Å². The summed E-state index contributed by atoms with van der Waals surface area (Å²) >= 11 is 0. The molecule has 2 rings (SSSR count). The van der Waals surface area contributed by atoms with Crippen LogP contribution in [0.5, 0.6) is 0 Å². The van der Waals surface area contributed by atoms with Gasteiger partial charge in [0.15, 0.2) is 0 Å². The summed E-state index contributed by atoms with van der Waals surface area (Å²) in [4.78, 5) is 2.47. The molecule has 0 aromatic heterocycles. The van der Waals surface area contributed by atoms with Crippen LogP contribution in [0.15, 0.2) is 0 Å². The zero-order chi connectivity index (χ0) is 8.93. The van der Waals surface area contributed by atoms with E-state index in [9.17, 15) is 0 Å². The van der Waals surface area contributed by atoms with Crippen LogP contribution in [0.2, 0.25) is 0 Å². The molecule has 1 heterocycles. The van der Waals surface area contributed by atoms with Gasteiger partial charge in [-0.05, 0) is 44.6 Å². The zero-order valence-electron chi connectivity index (χ0n) is 7.91. The fourth-order valence-corrected chi connectivity index (χ4v) is 1.69. The standard InChI is InChI=1S/C11H16NO/c1-2-4-11(3-1)5-6-12-7-9-13-10-8-12/h1-4H,5-10H2. The average Bonchev–Trinajstić information content (AvgIpc) is 2.69. The van der Waals surface area contributed by atoms with E-state index in [2.05, 4.69) is 30.6 Å². The molecule has 0 spiro atoms. The molecule has 1 saturated carbocycles. The van der Waals surface area contributed by atoms with Crippen molar-refractivity contribution < 1.29 is 4.74 Å². The highest BCUT2D eigenvalue weighted by Crippen LogP contribution is 2.26. The van der Waals surface area contributed by atoms with Crippen LogP contribution in [0.3, 0.4) is 0 Å². The van der Waals surface area contributed by atoms with Crippen molar-refractivity contribution in [3.8, 4) is 0 Å². The molecule has 0 atom stereocenters. The second-order valence-corrected chi connectivity index (χ2v) is 3.50. The van der Waals surface area contributed by atoms with Crippen LogP contribution in [-0.2, 0) is 4.74 Å². The lowest BCUT2D eigenvalue weighted by Crippen LogP contribution is -2.37. The fourth-order valence-electron chi connectivity index (χ4n) is 1.69. The van der Waals surface area contributed by atoms with Crippen molar-refractivity contribution in [1.82, 2.24) is 4.90 Å². The van der Waals surface area contributed by atoms with E-state index in [1.807, 2.05) is 0 Å². The summed E-state index contributed by atoms with van der Waals surface area (Å²) in [6.45, 7) is 5.18. The van der Waals surface area contributed by atoms with Gasteiger partial charge in [-0.2, -0.15) is 0 Å². The number of morpholine rings is 1. The molecule has 2 aliphatic rings. The third-order valence-corrected chi connectivity index (χ3v) is 2.55. The van der Waals surface area contributed by atoms with E-state index in [0.29, 0.717) is 0 Å². The Kier molecular flexibility index (Phi) is 3.62. The minimum atomic E-state index is 0.904. The molecular weight excluding hydrogens is 162 g/mol. The first-order valence-electron chi connectivity index (χ1n) is 4.96. The molecule has 13 heavy (non-hydrogen) atoms. The third kappa shape index (κ3) is 2.96. The lowest BCUT2D eigenvalue weighted by atomic mass is 10.0. The van der Waals surface area contributed by atoms with Gasteiger partial charge in [0.05, 0.1) is 13.2 Å². The first kappa shape index (κ1) is 9.47. The lowest BCUT2D eigenvalue weighted by Gasteiger charge is -2.27. The van der Waals surface area contributed by atoms with Crippen molar-refractivity contribution in [2.45, 2.75) is 6.42 Å². The van der Waals surface area contributed by atoms with Crippen LogP contribution in [0.1, 0.15) is 6.42 Å². The molecule has 1 aliphatic carbocycles. The molecule has 0 aromatic rings. The summed E-state index contributed by atoms with van der Waals surface area (Å²) < 4.78 is 5.30. The molecule has 0 amide bonds. The van der Waals surface area contributed by atoms with Crippen molar-refractivity contribution in [3.63, 3.8) is 0 Å². The molecule has 0 bridgehead atoms. The van der Waals surface area contributed by atoms with E-state index in [1.165, 1.54) is 18.9 Å². The normalized spacial score (nSPS) is 26.8. The largest absolute Gasteiger partial charge is 0.379 e. The Balaban J connectivity index is 1.60. The molecule has 71 valence electrons. The second-order valence-electron chi connectivity index (χ2n) is 3.50. The van der Waals surface area contributed by atoms with Crippen LogP contribution < -0.4 is 0 Å². The molecule has 0 unspecified atom stereocenters. The molecular formula is C11H16NO. The Morgan fingerprint density at radius 1 is 1.15 bits per heavy atom. The van der Waals surface area contributed by atoms with Crippen LogP contribution in [-0.4, -0.2) is 37.7 Å². The number of hydrogen-bond donors (Lipinski definition) is 0. The van der Waals surface area contributed by atoms with E-state index in [1.54, 1.807) is 0 Å². The van der Waals surface area contributed by atoms with Crippen LogP contribution in [0, 0.1) is 31.6 Å². The first-order chi connectivity index (χ1) is 6.45. The van der Waals surface area contributed by atoms with Gasteiger partial charge in [-0.1, -0.05) is 0 Å². The van der Waals surface area contributed by atoms with Crippen molar-refractivity contribution in [3.05, 3.63) is 31.6 Å². The maximum atomic E-state index is 5.30. The van der Waals surface area contributed by atoms with Gasteiger partial charge >= 0.3 is 0 Å². The van der Waals surface area contributed by atoms with Crippen LogP contribution in [0.25, 0.3) is 0 Å². The summed E-state index contributed by atoms with van der Waals surface area (Å²) in [6.07, 6.45) is 9.77. The minimum absolute atomic E-state index is 0.904. The number of rotatable bonds is 3.